The number of nitrogens with one attached hydrogen (secondary N) is 2. The Morgan fingerprint density at radius 1 is 1.20 bits per heavy atom. The second kappa shape index (κ2) is 7.29. The van der Waals surface area contributed by atoms with Gasteiger partial charge in [-0.15, -0.1) is 0 Å². The zero-order valence-electron chi connectivity index (χ0n) is 12.5. The summed E-state index contributed by atoms with van der Waals surface area (Å²) >= 11 is 0. The van der Waals surface area contributed by atoms with Crippen LogP contribution in [0.4, 0.5) is 0 Å². The summed E-state index contributed by atoms with van der Waals surface area (Å²) in [5.41, 5.74) is 5.21. The lowest BCUT2D eigenvalue weighted by Crippen LogP contribution is -2.43. The van der Waals surface area contributed by atoms with Crippen molar-refractivity contribution in [1.82, 2.24) is 10.7 Å². The fraction of sp³-hybridized carbons (Fsp3) is 0.562. The molecule has 1 aliphatic rings. The second-order valence-electron chi connectivity index (χ2n) is 5.69. The Morgan fingerprint density at radius 3 is 2.45 bits per heavy atom. The van der Waals surface area contributed by atoms with E-state index in [1.165, 1.54) is 43.2 Å². The van der Waals surface area contributed by atoms with Gasteiger partial charge in [0.2, 0.25) is 5.96 Å². The predicted molar refractivity (Wildman–Crippen MR) is 84.4 cm³/mol. The largest absolute Gasteiger partial charge is 0.349 e. The van der Waals surface area contributed by atoms with Crippen LogP contribution < -0.4 is 16.6 Å². The molecule has 1 aromatic rings. The Morgan fingerprint density at radius 2 is 1.85 bits per heavy atom. The number of nitrogens with two attached hydrogens (primary N) is 1. The zero-order valence-corrected chi connectivity index (χ0v) is 12.5. The summed E-state index contributed by atoms with van der Waals surface area (Å²) in [7, 11) is 0. The Labute approximate surface area is 121 Å². The van der Waals surface area contributed by atoms with Gasteiger partial charge in [-0.1, -0.05) is 49.1 Å². The van der Waals surface area contributed by atoms with E-state index in [4.69, 9.17) is 10.8 Å². The first kappa shape index (κ1) is 14.9. The fourth-order valence-corrected chi connectivity index (χ4v) is 2.65. The molecule has 1 atom stereocenters. The van der Waals surface area contributed by atoms with Crippen LogP contribution in [0.15, 0.2) is 29.3 Å². The van der Waals surface area contributed by atoms with Gasteiger partial charge < -0.3 is 5.32 Å². The van der Waals surface area contributed by atoms with Gasteiger partial charge in [-0.2, -0.15) is 0 Å². The fourth-order valence-electron chi connectivity index (χ4n) is 2.65. The Kier molecular flexibility index (Phi) is 5.41. The average Bonchev–Trinajstić information content (AvgIpc) is 2.48. The third-order valence-corrected chi connectivity index (χ3v) is 3.95. The van der Waals surface area contributed by atoms with Gasteiger partial charge in [0.25, 0.3) is 0 Å². The van der Waals surface area contributed by atoms with Crippen molar-refractivity contribution in [3.8, 4) is 0 Å². The number of aryl methyl sites for hydroxylation is 1. The minimum atomic E-state index is 0.189. The SMILES string of the molecule is Cc1ccc(C(C)NC(=NC2CCCCC2)NN)cc1. The van der Waals surface area contributed by atoms with Crippen molar-refractivity contribution in [2.75, 3.05) is 0 Å². The maximum atomic E-state index is 5.60. The molecule has 0 bridgehead atoms. The van der Waals surface area contributed by atoms with Crippen molar-refractivity contribution < 1.29 is 0 Å². The lowest BCUT2D eigenvalue weighted by atomic mass is 9.96. The molecule has 1 aromatic carbocycles. The molecule has 0 aromatic heterocycles. The molecule has 0 spiro atoms. The highest BCUT2D eigenvalue weighted by atomic mass is 15.3. The first-order chi connectivity index (χ1) is 9.69. The molecule has 110 valence electrons. The summed E-state index contributed by atoms with van der Waals surface area (Å²) in [6.07, 6.45) is 6.24. The number of hydrogen-bond donors (Lipinski definition) is 3. The van der Waals surface area contributed by atoms with E-state index in [2.05, 4.69) is 48.9 Å². The minimum absolute atomic E-state index is 0.189. The highest BCUT2D eigenvalue weighted by Crippen LogP contribution is 2.20. The van der Waals surface area contributed by atoms with Crippen LogP contribution in [0.5, 0.6) is 0 Å². The molecule has 0 radical (unpaired) electrons. The van der Waals surface area contributed by atoms with Crippen LogP contribution in [-0.4, -0.2) is 12.0 Å². The van der Waals surface area contributed by atoms with Crippen LogP contribution in [0, 0.1) is 6.92 Å². The smallest absolute Gasteiger partial charge is 0.206 e. The summed E-state index contributed by atoms with van der Waals surface area (Å²) in [6, 6.07) is 9.13. The highest BCUT2D eigenvalue weighted by Gasteiger charge is 2.14. The third-order valence-electron chi connectivity index (χ3n) is 3.95. The standard InChI is InChI=1S/C16H26N4/c1-12-8-10-14(11-9-12)13(2)18-16(20-17)19-15-6-4-3-5-7-15/h8-11,13,15H,3-7,17H2,1-2H3,(H2,18,19,20). The molecule has 0 heterocycles. The minimum Gasteiger partial charge on any atom is -0.349 e. The first-order valence-corrected chi connectivity index (χ1v) is 7.56. The van der Waals surface area contributed by atoms with Crippen LogP contribution in [-0.2, 0) is 0 Å². The van der Waals surface area contributed by atoms with Gasteiger partial charge >= 0.3 is 0 Å². The average molecular weight is 274 g/mol. The van der Waals surface area contributed by atoms with Crippen LogP contribution in [0.2, 0.25) is 0 Å². The molecule has 1 aliphatic carbocycles. The van der Waals surface area contributed by atoms with Crippen LogP contribution in [0.1, 0.15) is 56.2 Å². The molecular formula is C16H26N4. The van der Waals surface area contributed by atoms with Gasteiger partial charge in [0, 0.05) is 0 Å². The Bertz CT molecular complexity index is 432. The van der Waals surface area contributed by atoms with Gasteiger partial charge in [0.1, 0.15) is 0 Å². The van der Waals surface area contributed by atoms with E-state index in [9.17, 15) is 0 Å². The Balaban J connectivity index is 1.97. The summed E-state index contributed by atoms with van der Waals surface area (Å²) in [4.78, 5) is 4.71. The molecular weight excluding hydrogens is 248 g/mol. The van der Waals surface area contributed by atoms with E-state index in [1.807, 2.05) is 0 Å². The molecule has 1 fully saturated rings. The van der Waals surface area contributed by atoms with Gasteiger partial charge in [0.05, 0.1) is 12.1 Å². The van der Waals surface area contributed by atoms with Gasteiger partial charge in [0.15, 0.2) is 0 Å². The molecule has 4 nitrogen and oxygen atoms in total. The molecule has 2 rings (SSSR count). The van der Waals surface area contributed by atoms with Crippen molar-refractivity contribution >= 4 is 5.96 Å². The lowest BCUT2D eigenvalue weighted by Gasteiger charge is -2.22. The van der Waals surface area contributed by atoms with Crippen molar-refractivity contribution in [3.05, 3.63) is 35.4 Å². The summed E-state index contributed by atoms with van der Waals surface area (Å²) in [5.74, 6) is 6.30. The van der Waals surface area contributed by atoms with Crippen LogP contribution >= 0.6 is 0 Å². The maximum Gasteiger partial charge on any atom is 0.206 e. The van der Waals surface area contributed by atoms with Gasteiger partial charge in [-0.05, 0) is 32.3 Å². The Hall–Kier alpha value is -1.55. The quantitative estimate of drug-likeness (QED) is 0.344. The van der Waals surface area contributed by atoms with E-state index in [0.29, 0.717) is 12.0 Å². The number of aliphatic imine (C=N–C) groups is 1. The maximum absolute atomic E-state index is 5.60. The second-order valence-corrected chi connectivity index (χ2v) is 5.69. The van der Waals surface area contributed by atoms with Crippen molar-refractivity contribution in [3.63, 3.8) is 0 Å². The molecule has 0 saturated heterocycles. The van der Waals surface area contributed by atoms with Gasteiger partial charge in [-0.25, -0.2) is 10.8 Å². The number of hydrogen-bond acceptors (Lipinski definition) is 2. The summed E-state index contributed by atoms with van der Waals surface area (Å²) in [6.45, 7) is 4.22. The van der Waals surface area contributed by atoms with E-state index in [0.717, 1.165) is 0 Å². The molecule has 4 N–H and O–H groups in total. The number of benzene rings is 1. The van der Waals surface area contributed by atoms with Crippen molar-refractivity contribution in [2.24, 2.45) is 10.8 Å². The number of nitrogens with zero attached hydrogens (tertiary/aromatic N) is 1. The van der Waals surface area contributed by atoms with E-state index in [1.54, 1.807) is 0 Å². The molecule has 4 heteroatoms. The van der Waals surface area contributed by atoms with Crippen molar-refractivity contribution in [1.29, 1.82) is 0 Å². The molecule has 0 aliphatic heterocycles. The van der Waals surface area contributed by atoms with E-state index >= 15 is 0 Å². The normalized spacial score (nSPS) is 18.6. The van der Waals surface area contributed by atoms with Crippen molar-refractivity contribution in [2.45, 2.75) is 58.0 Å². The summed E-state index contributed by atoms with van der Waals surface area (Å²) in [5, 5.41) is 3.36. The number of hydrazine groups is 1. The number of rotatable bonds is 3. The lowest BCUT2D eigenvalue weighted by molar-refractivity contribution is 0.440. The van der Waals surface area contributed by atoms with E-state index < -0.39 is 0 Å². The number of guanidine groups is 1. The summed E-state index contributed by atoms with van der Waals surface area (Å²) < 4.78 is 0. The molecule has 1 unspecified atom stereocenters. The molecule has 1 saturated carbocycles. The highest BCUT2D eigenvalue weighted by molar-refractivity contribution is 5.79. The monoisotopic (exact) mass is 274 g/mol. The predicted octanol–water partition coefficient (Wildman–Crippen LogP) is 2.80. The third kappa shape index (κ3) is 4.23. The van der Waals surface area contributed by atoms with Gasteiger partial charge in [-0.3, -0.25) is 5.43 Å². The molecule has 20 heavy (non-hydrogen) atoms. The van der Waals surface area contributed by atoms with Crippen LogP contribution in [0.3, 0.4) is 0 Å². The van der Waals surface area contributed by atoms with Crippen LogP contribution in [0.25, 0.3) is 0 Å². The first-order valence-electron chi connectivity index (χ1n) is 7.56. The zero-order chi connectivity index (χ0) is 14.4. The van der Waals surface area contributed by atoms with E-state index in [-0.39, 0.29) is 6.04 Å². The topological polar surface area (TPSA) is 62.4 Å². The molecule has 0 amide bonds.